The molecule has 0 saturated heterocycles. The standard InChI is InChI=1S/C12H23NO/c1-2-14-7-3-6-13-12-9-10-4-5-11(12)8-10/h10-13H,2-9H2,1H3/t10-,11+,12-/m0/s1. The van der Waals surface area contributed by atoms with Crippen LogP contribution in [0.5, 0.6) is 0 Å². The highest BCUT2D eigenvalue weighted by Gasteiger charge is 2.38. The summed E-state index contributed by atoms with van der Waals surface area (Å²) in [5, 5.41) is 3.69. The first-order valence-corrected chi connectivity index (χ1v) is 6.21. The third kappa shape index (κ3) is 2.48. The number of hydrogen-bond donors (Lipinski definition) is 1. The molecule has 2 rings (SSSR count). The molecule has 2 aliphatic rings. The lowest BCUT2D eigenvalue weighted by molar-refractivity contribution is 0.143. The van der Waals surface area contributed by atoms with Gasteiger partial charge >= 0.3 is 0 Å². The lowest BCUT2D eigenvalue weighted by Gasteiger charge is -2.22. The van der Waals surface area contributed by atoms with Crippen LogP contribution in [-0.2, 0) is 4.74 Å². The maximum atomic E-state index is 5.32. The first kappa shape index (κ1) is 10.4. The summed E-state index contributed by atoms with van der Waals surface area (Å²) in [5.41, 5.74) is 0. The molecule has 3 atom stereocenters. The summed E-state index contributed by atoms with van der Waals surface area (Å²) in [5.74, 6) is 2.07. The molecule has 0 heterocycles. The van der Waals surface area contributed by atoms with Crippen LogP contribution in [0.4, 0.5) is 0 Å². The van der Waals surface area contributed by atoms with Gasteiger partial charge in [0.2, 0.25) is 0 Å². The van der Waals surface area contributed by atoms with E-state index in [1.54, 1.807) is 0 Å². The van der Waals surface area contributed by atoms with Crippen molar-refractivity contribution in [2.24, 2.45) is 11.8 Å². The van der Waals surface area contributed by atoms with Gasteiger partial charge in [0.05, 0.1) is 0 Å². The average Bonchev–Trinajstić information content (AvgIpc) is 2.79. The molecule has 2 bridgehead atoms. The quantitative estimate of drug-likeness (QED) is 0.659. The first-order chi connectivity index (χ1) is 6.90. The smallest absolute Gasteiger partial charge is 0.0477 e. The second-order valence-corrected chi connectivity index (χ2v) is 4.79. The van der Waals surface area contributed by atoms with Crippen LogP contribution >= 0.6 is 0 Å². The highest BCUT2D eigenvalue weighted by Crippen LogP contribution is 2.44. The van der Waals surface area contributed by atoms with Crippen molar-refractivity contribution < 1.29 is 4.74 Å². The molecule has 82 valence electrons. The van der Waals surface area contributed by atoms with Crippen LogP contribution in [0, 0.1) is 11.8 Å². The number of fused-ring (bicyclic) bond motifs is 2. The Morgan fingerprint density at radius 1 is 1.29 bits per heavy atom. The molecule has 14 heavy (non-hydrogen) atoms. The molecule has 2 heteroatoms. The normalized spacial score (nSPS) is 35.4. The molecule has 0 aromatic heterocycles. The first-order valence-electron chi connectivity index (χ1n) is 6.21. The Balaban J connectivity index is 1.54. The van der Waals surface area contributed by atoms with Crippen molar-refractivity contribution >= 4 is 0 Å². The zero-order valence-electron chi connectivity index (χ0n) is 9.30. The molecule has 0 aromatic carbocycles. The van der Waals surface area contributed by atoms with E-state index in [2.05, 4.69) is 12.2 Å². The minimum absolute atomic E-state index is 0.843. The third-order valence-electron chi connectivity index (χ3n) is 3.81. The molecule has 0 radical (unpaired) electrons. The summed E-state index contributed by atoms with van der Waals surface area (Å²) in [7, 11) is 0. The fourth-order valence-corrected chi connectivity index (χ4v) is 3.10. The van der Waals surface area contributed by atoms with Crippen molar-refractivity contribution in [2.75, 3.05) is 19.8 Å². The van der Waals surface area contributed by atoms with E-state index < -0.39 is 0 Å². The minimum atomic E-state index is 0.843. The molecular formula is C12H23NO. The Hall–Kier alpha value is -0.0800. The van der Waals surface area contributed by atoms with Crippen LogP contribution in [-0.4, -0.2) is 25.8 Å². The summed E-state index contributed by atoms with van der Waals surface area (Å²) in [6.45, 7) is 4.98. The molecule has 2 aliphatic carbocycles. The van der Waals surface area contributed by atoms with Gasteiger partial charge in [0.15, 0.2) is 0 Å². The zero-order chi connectivity index (χ0) is 9.80. The van der Waals surface area contributed by atoms with Crippen molar-refractivity contribution in [1.29, 1.82) is 0 Å². The molecule has 1 N–H and O–H groups in total. The van der Waals surface area contributed by atoms with Crippen LogP contribution < -0.4 is 5.32 Å². The summed E-state index contributed by atoms with van der Waals surface area (Å²) in [6, 6.07) is 0.843. The number of hydrogen-bond acceptors (Lipinski definition) is 2. The van der Waals surface area contributed by atoms with Gasteiger partial charge in [-0.2, -0.15) is 0 Å². The fourth-order valence-electron chi connectivity index (χ4n) is 3.10. The number of nitrogens with one attached hydrogen (secondary N) is 1. The van der Waals surface area contributed by atoms with E-state index in [4.69, 9.17) is 4.74 Å². The van der Waals surface area contributed by atoms with Gasteiger partial charge < -0.3 is 10.1 Å². The predicted molar refractivity (Wildman–Crippen MR) is 58.3 cm³/mol. The molecular weight excluding hydrogens is 174 g/mol. The SMILES string of the molecule is CCOCCCN[C@H]1C[C@H]2CC[C@@H]1C2. The molecule has 2 nitrogen and oxygen atoms in total. The highest BCUT2D eigenvalue weighted by atomic mass is 16.5. The minimum Gasteiger partial charge on any atom is -0.382 e. The van der Waals surface area contributed by atoms with Crippen molar-refractivity contribution in [3.8, 4) is 0 Å². The van der Waals surface area contributed by atoms with Gasteiger partial charge in [-0.1, -0.05) is 6.42 Å². The van der Waals surface area contributed by atoms with Gasteiger partial charge in [0.25, 0.3) is 0 Å². The van der Waals surface area contributed by atoms with E-state index in [1.807, 2.05) is 0 Å². The Labute approximate surface area is 87.4 Å². The van der Waals surface area contributed by atoms with Crippen LogP contribution in [0.25, 0.3) is 0 Å². The van der Waals surface area contributed by atoms with Gasteiger partial charge in [-0.25, -0.2) is 0 Å². The molecule has 2 fully saturated rings. The Morgan fingerprint density at radius 3 is 2.86 bits per heavy atom. The number of rotatable bonds is 6. The van der Waals surface area contributed by atoms with Crippen LogP contribution in [0.15, 0.2) is 0 Å². The van der Waals surface area contributed by atoms with Gasteiger partial charge in [0.1, 0.15) is 0 Å². The zero-order valence-corrected chi connectivity index (χ0v) is 9.30. The molecule has 0 aliphatic heterocycles. The molecule has 0 spiro atoms. The molecule has 0 amide bonds. The topological polar surface area (TPSA) is 21.3 Å². The summed E-state index contributed by atoms with van der Waals surface area (Å²) in [6.07, 6.45) is 7.10. The second kappa shape index (κ2) is 5.13. The van der Waals surface area contributed by atoms with E-state index in [1.165, 1.54) is 32.1 Å². The monoisotopic (exact) mass is 197 g/mol. The summed E-state index contributed by atoms with van der Waals surface area (Å²) < 4.78 is 5.32. The maximum Gasteiger partial charge on any atom is 0.0477 e. The van der Waals surface area contributed by atoms with Crippen LogP contribution in [0.2, 0.25) is 0 Å². The Kier molecular flexibility index (Phi) is 3.82. The third-order valence-corrected chi connectivity index (χ3v) is 3.81. The van der Waals surface area contributed by atoms with Gasteiger partial charge in [0, 0.05) is 19.3 Å². The Morgan fingerprint density at radius 2 is 2.21 bits per heavy atom. The summed E-state index contributed by atoms with van der Waals surface area (Å²) >= 11 is 0. The van der Waals surface area contributed by atoms with Crippen LogP contribution in [0.3, 0.4) is 0 Å². The van der Waals surface area contributed by atoms with Crippen molar-refractivity contribution in [1.82, 2.24) is 5.32 Å². The highest BCUT2D eigenvalue weighted by molar-refractivity contribution is 4.93. The number of ether oxygens (including phenoxy) is 1. The van der Waals surface area contributed by atoms with Crippen molar-refractivity contribution in [2.45, 2.75) is 45.1 Å². The summed E-state index contributed by atoms with van der Waals surface area (Å²) in [4.78, 5) is 0. The van der Waals surface area contributed by atoms with Crippen LogP contribution in [0.1, 0.15) is 39.0 Å². The second-order valence-electron chi connectivity index (χ2n) is 4.79. The van der Waals surface area contributed by atoms with Gasteiger partial charge in [-0.3, -0.25) is 0 Å². The predicted octanol–water partition coefficient (Wildman–Crippen LogP) is 2.19. The maximum absolute atomic E-state index is 5.32. The fraction of sp³-hybridized carbons (Fsp3) is 1.00. The van der Waals surface area contributed by atoms with Gasteiger partial charge in [-0.05, 0) is 51.0 Å². The Bertz CT molecular complexity index is 172. The van der Waals surface area contributed by atoms with E-state index in [-0.39, 0.29) is 0 Å². The average molecular weight is 197 g/mol. The van der Waals surface area contributed by atoms with Crippen molar-refractivity contribution in [3.05, 3.63) is 0 Å². The van der Waals surface area contributed by atoms with E-state index in [0.29, 0.717) is 0 Å². The van der Waals surface area contributed by atoms with Crippen molar-refractivity contribution in [3.63, 3.8) is 0 Å². The van der Waals surface area contributed by atoms with E-state index in [9.17, 15) is 0 Å². The molecule has 2 saturated carbocycles. The lowest BCUT2D eigenvalue weighted by Crippen LogP contribution is -2.34. The van der Waals surface area contributed by atoms with E-state index >= 15 is 0 Å². The largest absolute Gasteiger partial charge is 0.382 e. The van der Waals surface area contributed by atoms with E-state index in [0.717, 1.165) is 37.6 Å². The lowest BCUT2D eigenvalue weighted by atomic mass is 9.95. The molecule has 0 aromatic rings. The van der Waals surface area contributed by atoms with Gasteiger partial charge in [-0.15, -0.1) is 0 Å². The molecule has 0 unspecified atom stereocenters.